The van der Waals surface area contributed by atoms with Crippen LogP contribution in [0.3, 0.4) is 0 Å². The summed E-state index contributed by atoms with van der Waals surface area (Å²) < 4.78 is 19.0. The van der Waals surface area contributed by atoms with Crippen LogP contribution in [0.15, 0.2) is 0 Å². The summed E-state index contributed by atoms with van der Waals surface area (Å²) in [5.74, 6) is 0. The quantitative estimate of drug-likeness (QED) is 0.324. The molecule has 1 aliphatic rings. The standard InChI is InChI=1S/C16H56N12P4/c1-21(2)29(22(3)4)17-30(23(5)6,24(7)8)19-32(27(13)14,28(15)16)20-31(18-29,25(9)10)26(11)12/h17-20,29-32H,1-16H3. The van der Waals surface area contributed by atoms with Crippen LogP contribution in [0.5, 0.6) is 0 Å². The van der Waals surface area contributed by atoms with Gasteiger partial charge in [0.2, 0.25) is 0 Å². The first kappa shape index (κ1) is 31.3. The first-order valence-corrected chi connectivity index (χ1v) is 18.5. The fourth-order valence-corrected chi connectivity index (χ4v) is 33.0. The van der Waals surface area contributed by atoms with Gasteiger partial charge in [0.15, 0.2) is 0 Å². The molecular formula is C16H56N12P4. The number of nitrogens with zero attached hydrogens (tertiary/aromatic N) is 8. The van der Waals surface area contributed by atoms with Gasteiger partial charge < -0.3 is 0 Å². The summed E-state index contributed by atoms with van der Waals surface area (Å²) in [6.45, 7) is 0. The minimum atomic E-state index is -2.59. The van der Waals surface area contributed by atoms with Gasteiger partial charge in [-0.1, -0.05) is 0 Å². The number of hydrogen-bond donors (Lipinski definition) is 4. The molecular weight excluding hydrogens is 484 g/mol. The summed E-state index contributed by atoms with van der Waals surface area (Å²) in [5, 5.41) is 0. The van der Waals surface area contributed by atoms with E-state index in [1.807, 2.05) is 0 Å². The van der Waals surface area contributed by atoms with Crippen molar-refractivity contribution >= 4 is 31.5 Å². The van der Waals surface area contributed by atoms with Crippen molar-refractivity contribution in [2.75, 3.05) is 113 Å². The molecule has 1 fully saturated rings. The van der Waals surface area contributed by atoms with Gasteiger partial charge in [-0.25, -0.2) is 0 Å². The van der Waals surface area contributed by atoms with Gasteiger partial charge >= 0.3 is 201 Å². The van der Waals surface area contributed by atoms with E-state index in [4.69, 9.17) is 0 Å². The molecule has 4 N–H and O–H groups in total. The third kappa shape index (κ3) is 5.33. The van der Waals surface area contributed by atoms with E-state index in [2.05, 4.69) is 170 Å². The molecule has 0 unspecified atom stereocenters. The summed E-state index contributed by atoms with van der Waals surface area (Å²) in [5.41, 5.74) is 0. The van der Waals surface area contributed by atoms with Crippen LogP contribution in [0, 0.1) is 0 Å². The molecule has 0 atom stereocenters. The first-order valence-electron chi connectivity index (χ1n) is 10.9. The van der Waals surface area contributed by atoms with Crippen molar-refractivity contribution in [1.29, 1.82) is 0 Å². The Bertz CT molecular complexity index is 462. The molecule has 12 nitrogen and oxygen atoms in total. The summed E-state index contributed by atoms with van der Waals surface area (Å²) >= 11 is 0. The molecule has 1 heterocycles. The van der Waals surface area contributed by atoms with Crippen molar-refractivity contribution in [2.45, 2.75) is 0 Å². The summed E-state index contributed by atoms with van der Waals surface area (Å²) in [6.07, 6.45) is 0. The van der Waals surface area contributed by atoms with Crippen LogP contribution in [0.25, 0.3) is 0 Å². The molecule has 0 aromatic rings. The molecule has 0 bridgehead atoms. The molecule has 16 heteroatoms. The topological polar surface area (TPSA) is 74.0 Å². The molecule has 0 amide bonds. The SMILES string of the molecule is CN(C)[PH]1(N(C)C)N[PH](N(C)C)(N(C)C)N[PH](N(C)C)(N(C)C)N[PH](N(C)C)(N(C)C)N1. The summed E-state index contributed by atoms with van der Waals surface area (Å²) in [4.78, 5) is 17.2. The van der Waals surface area contributed by atoms with Crippen molar-refractivity contribution in [1.82, 2.24) is 56.8 Å². The molecule has 0 aromatic carbocycles. The number of nitrogens with one attached hydrogen (secondary N) is 4. The summed E-state index contributed by atoms with van der Waals surface area (Å²) in [7, 11) is 24.6. The molecule has 0 aromatic heterocycles. The van der Waals surface area contributed by atoms with E-state index in [-0.39, 0.29) is 0 Å². The van der Waals surface area contributed by atoms with Crippen LogP contribution in [-0.4, -0.2) is 150 Å². The molecule has 0 saturated carbocycles. The van der Waals surface area contributed by atoms with Crippen LogP contribution in [0.4, 0.5) is 0 Å². The average Bonchev–Trinajstić information content (AvgIpc) is 2.60. The predicted octanol–water partition coefficient (Wildman–Crippen LogP) is 0.491. The van der Waals surface area contributed by atoms with Crippen LogP contribution in [-0.2, 0) is 0 Å². The molecule has 1 aliphatic heterocycles. The monoisotopic (exact) mass is 540 g/mol. The van der Waals surface area contributed by atoms with Crippen LogP contribution in [0.2, 0.25) is 0 Å². The Morgan fingerprint density at radius 2 is 0.344 bits per heavy atom. The second kappa shape index (κ2) is 11.1. The van der Waals surface area contributed by atoms with Gasteiger partial charge in [0, 0.05) is 0 Å². The van der Waals surface area contributed by atoms with E-state index < -0.39 is 31.5 Å². The molecule has 1 saturated heterocycles. The maximum absolute atomic E-state index is 4.29. The Morgan fingerprint density at radius 1 is 0.250 bits per heavy atom. The molecule has 0 radical (unpaired) electrons. The van der Waals surface area contributed by atoms with Crippen molar-refractivity contribution in [3.8, 4) is 0 Å². The van der Waals surface area contributed by atoms with Gasteiger partial charge in [-0.3, -0.25) is 0 Å². The number of rotatable bonds is 8. The van der Waals surface area contributed by atoms with Gasteiger partial charge in [-0.2, -0.15) is 0 Å². The molecule has 32 heavy (non-hydrogen) atoms. The van der Waals surface area contributed by atoms with E-state index in [0.29, 0.717) is 0 Å². The maximum atomic E-state index is 4.29. The summed E-state index contributed by atoms with van der Waals surface area (Å²) in [6, 6.07) is 0. The van der Waals surface area contributed by atoms with Gasteiger partial charge in [0.25, 0.3) is 0 Å². The Morgan fingerprint density at radius 3 is 0.406 bits per heavy atom. The Balaban J connectivity index is 4.11. The van der Waals surface area contributed by atoms with Gasteiger partial charge in [-0.05, 0) is 0 Å². The Labute approximate surface area is 201 Å². The molecule has 0 aliphatic carbocycles. The van der Waals surface area contributed by atoms with Crippen molar-refractivity contribution < 1.29 is 0 Å². The Hall–Kier alpha value is 1.24. The second-order valence-electron chi connectivity index (χ2n) is 10.3. The predicted molar refractivity (Wildman–Crippen MR) is 155 cm³/mol. The molecule has 1 rings (SSSR count). The zero-order chi connectivity index (χ0) is 25.4. The van der Waals surface area contributed by atoms with Crippen LogP contribution >= 0.6 is 31.5 Å². The fourth-order valence-electron chi connectivity index (χ4n) is 4.49. The van der Waals surface area contributed by atoms with E-state index in [9.17, 15) is 0 Å². The van der Waals surface area contributed by atoms with E-state index in [0.717, 1.165) is 0 Å². The van der Waals surface area contributed by atoms with Crippen molar-refractivity contribution in [3.63, 3.8) is 0 Å². The van der Waals surface area contributed by atoms with Crippen LogP contribution < -0.4 is 19.4 Å². The average molecular weight is 541 g/mol. The minimum absolute atomic E-state index is 2.19. The van der Waals surface area contributed by atoms with Gasteiger partial charge in [0.1, 0.15) is 0 Å². The second-order valence-corrected chi connectivity index (χ2v) is 26.9. The van der Waals surface area contributed by atoms with Crippen molar-refractivity contribution in [3.05, 3.63) is 0 Å². The molecule has 0 spiro atoms. The number of hydrogen-bond acceptors (Lipinski definition) is 12. The fraction of sp³-hybridized carbons (Fsp3) is 1.00. The van der Waals surface area contributed by atoms with E-state index in [1.54, 1.807) is 0 Å². The van der Waals surface area contributed by atoms with Gasteiger partial charge in [-0.15, -0.1) is 0 Å². The zero-order valence-corrected chi connectivity index (χ0v) is 27.6. The zero-order valence-electron chi connectivity index (χ0n) is 23.6. The normalized spacial score (nSPS) is 27.2. The first-order chi connectivity index (χ1) is 14.4. The van der Waals surface area contributed by atoms with Gasteiger partial charge in [0.05, 0.1) is 0 Å². The van der Waals surface area contributed by atoms with E-state index in [1.165, 1.54) is 0 Å². The van der Waals surface area contributed by atoms with Crippen LogP contribution in [0.1, 0.15) is 0 Å². The van der Waals surface area contributed by atoms with E-state index >= 15 is 0 Å². The third-order valence-corrected chi connectivity index (χ3v) is 28.1. The third-order valence-electron chi connectivity index (χ3n) is 6.57. The van der Waals surface area contributed by atoms with Crippen molar-refractivity contribution in [2.24, 2.45) is 0 Å². The molecule has 200 valence electrons. The Kier molecular flexibility index (Phi) is 10.8.